The topological polar surface area (TPSA) is 90.5 Å². The third-order valence-electron chi connectivity index (χ3n) is 4.59. The minimum Gasteiger partial charge on any atom is -0.378 e. The summed E-state index contributed by atoms with van der Waals surface area (Å²) in [5.41, 5.74) is 2.05. The lowest BCUT2D eigenvalue weighted by atomic mass is 10.2. The Kier molecular flexibility index (Phi) is 6.15. The fraction of sp³-hybridized carbons (Fsp3) is 0.182. The summed E-state index contributed by atoms with van der Waals surface area (Å²) in [7, 11) is 1.58. The first kappa shape index (κ1) is 20.8. The lowest BCUT2D eigenvalue weighted by Crippen LogP contribution is -2.28. The summed E-state index contributed by atoms with van der Waals surface area (Å²) in [5.74, 6) is 0.115. The smallest absolute Gasteiger partial charge is 0.352 e. The molecule has 0 unspecified atom stereocenters. The number of fused-ring (bicyclic) bond motifs is 1. The molecule has 1 N–H and O–H groups in total. The number of hydrogen-bond donors (Lipinski definition) is 1. The lowest BCUT2D eigenvalue weighted by molar-refractivity contribution is -0.117. The van der Waals surface area contributed by atoms with Crippen molar-refractivity contribution >= 4 is 29.0 Å². The molecule has 0 aliphatic carbocycles. The quantitative estimate of drug-likeness (QED) is 0.449. The molecular formula is C22H21N5O3S. The van der Waals surface area contributed by atoms with Crippen LogP contribution in [0.25, 0.3) is 17.0 Å². The van der Waals surface area contributed by atoms with Crippen LogP contribution in [0.3, 0.4) is 0 Å². The second-order valence-corrected chi connectivity index (χ2v) is 7.66. The van der Waals surface area contributed by atoms with Gasteiger partial charge in [0.05, 0.1) is 12.3 Å². The number of hydrogen-bond acceptors (Lipinski definition) is 6. The number of methoxy groups -OCH3 is 1. The number of nitrogens with zero attached hydrogens (tertiary/aromatic N) is 4. The van der Waals surface area contributed by atoms with Crippen molar-refractivity contribution in [2.24, 2.45) is 0 Å². The van der Waals surface area contributed by atoms with Gasteiger partial charge in [-0.25, -0.2) is 18.9 Å². The zero-order valence-electron chi connectivity index (χ0n) is 17.1. The van der Waals surface area contributed by atoms with Gasteiger partial charge in [-0.3, -0.25) is 4.79 Å². The third kappa shape index (κ3) is 4.52. The minimum absolute atomic E-state index is 0.210. The standard InChI is InChI=1S/C22H21N5O3S/c1-30-14-17-12-19-25-26(13-20(28)23-16-9-6-10-18(11-16)31-2)22(29)27(19)21(24-17)15-7-4-3-5-8-15/h3-12H,13-14H2,1-2H3,(H,23,28). The van der Waals surface area contributed by atoms with Crippen molar-refractivity contribution in [3.63, 3.8) is 0 Å². The highest BCUT2D eigenvalue weighted by Gasteiger charge is 2.17. The first-order valence-corrected chi connectivity index (χ1v) is 10.8. The number of carbonyl (C=O) groups is 1. The molecule has 1 amide bonds. The molecule has 0 aliphatic heterocycles. The van der Waals surface area contributed by atoms with Gasteiger partial charge in [0, 0.05) is 29.3 Å². The zero-order chi connectivity index (χ0) is 21.8. The maximum Gasteiger partial charge on any atom is 0.352 e. The molecule has 0 spiro atoms. The van der Waals surface area contributed by atoms with E-state index in [1.807, 2.05) is 54.8 Å². The van der Waals surface area contributed by atoms with Crippen LogP contribution >= 0.6 is 11.8 Å². The highest BCUT2D eigenvalue weighted by atomic mass is 32.2. The van der Waals surface area contributed by atoms with E-state index in [1.54, 1.807) is 31.0 Å². The van der Waals surface area contributed by atoms with Gasteiger partial charge in [0.2, 0.25) is 5.91 Å². The monoisotopic (exact) mass is 435 g/mol. The van der Waals surface area contributed by atoms with E-state index in [0.717, 1.165) is 15.1 Å². The fourth-order valence-electron chi connectivity index (χ4n) is 3.23. The van der Waals surface area contributed by atoms with E-state index in [1.165, 1.54) is 4.40 Å². The predicted octanol–water partition coefficient (Wildman–Crippen LogP) is 3.07. The highest BCUT2D eigenvalue weighted by Crippen LogP contribution is 2.20. The maximum atomic E-state index is 13.1. The van der Waals surface area contributed by atoms with Gasteiger partial charge in [0.1, 0.15) is 12.4 Å². The molecule has 2 aromatic heterocycles. The molecule has 0 aliphatic rings. The van der Waals surface area contributed by atoms with Crippen LogP contribution in [0.2, 0.25) is 0 Å². The minimum atomic E-state index is -0.432. The highest BCUT2D eigenvalue weighted by molar-refractivity contribution is 7.98. The van der Waals surface area contributed by atoms with Crippen LogP contribution < -0.4 is 11.0 Å². The number of ether oxygens (including phenoxy) is 1. The summed E-state index contributed by atoms with van der Waals surface area (Å²) in [5, 5.41) is 7.18. The van der Waals surface area contributed by atoms with E-state index in [9.17, 15) is 9.59 Å². The van der Waals surface area contributed by atoms with E-state index in [2.05, 4.69) is 15.4 Å². The van der Waals surface area contributed by atoms with Crippen LogP contribution in [0.5, 0.6) is 0 Å². The third-order valence-corrected chi connectivity index (χ3v) is 5.32. The van der Waals surface area contributed by atoms with Crippen molar-refractivity contribution < 1.29 is 9.53 Å². The Labute approximate surface area is 182 Å². The normalized spacial score (nSPS) is 11.0. The number of anilines is 1. The average Bonchev–Trinajstić information content (AvgIpc) is 3.09. The summed E-state index contributed by atoms with van der Waals surface area (Å²) in [6, 6.07) is 18.6. The van der Waals surface area contributed by atoms with Crippen molar-refractivity contribution in [2.45, 2.75) is 18.0 Å². The van der Waals surface area contributed by atoms with Gasteiger partial charge in [0.15, 0.2) is 5.65 Å². The number of rotatable bonds is 7. The second kappa shape index (κ2) is 9.15. The molecule has 2 heterocycles. The van der Waals surface area contributed by atoms with Crippen molar-refractivity contribution in [1.82, 2.24) is 19.2 Å². The van der Waals surface area contributed by atoms with Gasteiger partial charge in [-0.2, -0.15) is 0 Å². The van der Waals surface area contributed by atoms with Gasteiger partial charge in [-0.15, -0.1) is 16.9 Å². The van der Waals surface area contributed by atoms with Crippen LogP contribution in [-0.4, -0.2) is 38.4 Å². The Morgan fingerprint density at radius 1 is 1.13 bits per heavy atom. The maximum absolute atomic E-state index is 13.1. The first-order chi connectivity index (χ1) is 15.1. The van der Waals surface area contributed by atoms with Gasteiger partial charge >= 0.3 is 5.69 Å². The number of benzene rings is 2. The van der Waals surface area contributed by atoms with E-state index in [-0.39, 0.29) is 19.1 Å². The molecule has 0 fully saturated rings. The number of amides is 1. The summed E-state index contributed by atoms with van der Waals surface area (Å²) in [6.07, 6.45) is 1.97. The van der Waals surface area contributed by atoms with Crippen molar-refractivity contribution in [1.29, 1.82) is 0 Å². The molecule has 0 saturated carbocycles. The molecule has 4 aromatic rings. The summed E-state index contributed by atoms with van der Waals surface area (Å²) < 4.78 is 7.76. The average molecular weight is 436 g/mol. The zero-order valence-corrected chi connectivity index (χ0v) is 17.9. The fourth-order valence-corrected chi connectivity index (χ4v) is 3.69. The largest absolute Gasteiger partial charge is 0.378 e. The Morgan fingerprint density at radius 3 is 2.68 bits per heavy atom. The lowest BCUT2D eigenvalue weighted by Gasteiger charge is -2.06. The molecule has 9 heteroatoms. The number of nitrogens with one attached hydrogen (secondary N) is 1. The van der Waals surface area contributed by atoms with Crippen LogP contribution in [-0.2, 0) is 22.7 Å². The number of thioether (sulfide) groups is 1. The molecule has 2 aromatic carbocycles. The van der Waals surface area contributed by atoms with Crippen molar-refractivity contribution in [2.75, 3.05) is 18.7 Å². The Hall–Kier alpha value is -3.43. The molecule has 0 saturated heterocycles. The summed E-state index contributed by atoms with van der Waals surface area (Å²) in [6.45, 7) is 0.0709. The van der Waals surface area contributed by atoms with Gasteiger partial charge in [-0.1, -0.05) is 36.4 Å². The van der Waals surface area contributed by atoms with Gasteiger partial charge in [0.25, 0.3) is 0 Å². The Morgan fingerprint density at radius 2 is 1.94 bits per heavy atom. The summed E-state index contributed by atoms with van der Waals surface area (Å²) >= 11 is 1.58. The van der Waals surface area contributed by atoms with E-state index < -0.39 is 5.69 Å². The van der Waals surface area contributed by atoms with Gasteiger partial charge in [-0.05, 0) is 24.5 Å². The molecule has 4 rings (SSSR count). The van der Waals surface area contributed by atoms with Crippen LogP contribution in [0.15, 0.2) is 70.4 Å². The van der Waals surface area contributed by atoms with Crippen molar-refractivity contribution in [3.8, 4) is 11.4 Å². The van der Waals surface area contributed by atoms with Gasteiger partial charge < -0.3 is 10.1 Å². The molecule has 0 atom stereocenters. The van der Waals surface area contributed by atoms with Crippen LogP contribution in [0.1, 0.15) is 5.69 Å². The van der Waals surface area contributed by atoms with Crippen LogP contribution in [0, 0.1) is 0 Å². The first-order valence-electron chi connectivity index (χ1n) is 9.57. The molecule has 158 valence electrons. The second-order valence-electron chi connectivity index (χ2n) is 6.78. The van der Waals surface area contributed by atoms with Crippen LogP contribution in [0.4, 0.5) is 5.69 Å². The summed E-state index contributed by atoms with van der Waals surface area (Å²) in [4.78, 5) is 31.3. The molecule has 0 radical (unpaired) electrons. The molecule has 31 heavy (non-hydrogen) atoms. The van der Waals surface area contributed by atoms with E-state index >= 15 is 0 Å². The number of aromatic nitrogens is 4. The van der Waals surface area contributed by atoms with E-state index in [0.29, 0.717) is 22.9 Å². The molecule has 0 bridgehead atoms. The number of carbonyl (C=O) groups excluding carboxylic acids is 1. The molecule has 8 nitrogen and oxygen atoms in total. The Bertz CT molecular complexity index is 1280. The predicted molar refractivity (Wildman–Crippen MR) is 120 cm³/mol. The van der Waals surface area contributed by atoms with E-state index in [4.69, 9.17) is 4.74 Å². The van der Waals surface area contributed by atoms with Crippen molar-refractivity contribution in [3.05, 3.63) is 76.8 Å². The molecular weight excluding hydrogens is 414 g/mol. The Balaban J connectivity index is 1.70. The SMILES string of the molecule is COCc1cc2nn(CC(=O)Nc3cccc(SC)c3)c(=O)n2c(-c2ccccc2)n1.